The molecule has 1 saturated carbocycles. The van der Waals surface area contributed by atoms with E-state index in [2.05, 4.69) is 17.5 Å². The minimum atomic E-state index is 0.0983. The van der Waals surface area contributed by atoms with Gasteiger partial charge in [0.2, 0.25) is 5.91 Å². The van der Waals surface area contributed by atoms with Gasteiger partial charge in [-0.1, -0.05) is 6.07 Å². The fraction of sp³-hybridized carbons (Fsp3) is 0.389. The van der Waals surface area contributed by atoms with Crippen LogP contribution >= 0.6 is 11.3 Å². The lowest BCUT2D eigenvalue weighted by Gasteiger charge is -2.19. The van der Waals surface area contributed by atoms with Gasteiger partial charge in [-0.15, -0.1) is 0 Å². The normalized spacial score (nSPS) is 21.8. The summed E-state index contributed by atoms with van der Waals surface area (Å²) in [6.45, 7) is 1.88. The number of hydrogen-bond donors (Lipinski definition) is 0. The molecule has 0 N–H and O–H groups in total. The maximum Gasteiger partial charge on any atom is 0.226 e. The average molecular weight is 329 g/mol. The van der Waals surface area contributed by atoms with Crippen LogP contribution in [0.25, 0.3) is 0 Å². The molecule has 0 bridgehead atoms. The maximum absolute atomic E-state index is 12.6. The van der Waals surface area contributed by atoms with Crippen molar-refractivity contribution in [2.24, 2.45) is 5.92 Å². The van der Waals surface area contributed by atoms with Gasteiger partial charge in [0, 0.05) is 19.5 Å². The van der Waals surface area contributed by atoms with E-state index < -0.39 is 0 Å². The summed E-state index contributed by atoms with van der Waals surface area (Å²) >= 11 is 1.66. The van der Waals surface area contributed by atoms with Gasteiger partial charge in [0.05, 0.1) is 0 Å². The minimum Gasteiger partial charge on any atom is -0.486 e. The summed E-state index contributed by atoms with van der Waals surface area (Å²) in [7, 11) is 1.89. The fourth-order valence-corrected chi connectivity index (χ4v) is 3.80. The largest absolute Gasteiger partial charge is 0.486 e. The summed E-state index contributed by atoms with van der Waals surface area (Å²) in [5, 5.41) is 4.14. The second-order valence-corrected chi connectivity index (χ2v) is 6.96. The Morgan fingerprint density at radius 1 is 1.26 bits per heavy atom. The lowest BCUT2D eigenvalue weighted by molar-refractivity contribution is -0.131. The topological polar surface area (TPSA) is 38.8 Å². The Labute approximate surface area is 139 Å². The van der Waals surface area contributed by atoms with Crippen molar-refractivity contribution in [1.29, 1.82) is 0 Å². The molecule has 4 nitrogen and oxygen atoms in total. The molecule has 0 saturated heterocycles. The Balaban J connectivity index is 1.42. The van der Waals surface area contributed by atoms with Crippen LogP contribution in [0.4, 0.5) is 0 Å². The van der Waals surface area contributed by atoms with Crippen LogP contribution in [-0.2, 0) is 11.3 Å². The number of thiophene rings is 1. The van der Waals surface area contributed by atoms with Gasteiger partial charge in [-0.05, 0) is 52.4 Å². The highest BCUT2D eigenvalue weighted by Gasteiger charge is 2.45. The summed E-state index contributed by atoms with van der Waals surface area (Å²) in [4.78, 5) is 14.4. The number of ether oxygens (including phenoxy) is 2. The first kappa shape index (κ1) is 14.6. The molecule has 120 valence electrons. The van der Waals surface area contributed by atoms with Gasteiger partial charge in [0.15, 0.2) is 11.5 Å². The van der Waals surface area contributed by atoms with E-state index in [0.29, 0.717) is 25.7 Å². The van der Waals surface area contributed by atoms with Gasteiger partial charge in [-0.2, -0.15) is 11.3 Å². The molecule has 1 aliphatic carbocycles. The Bertz CT molecular complexity index is 713. The van der Waals surface area contributed by atoms with Crippen LogP contribution in [-0.4, -0.2) is 31.1 Å². The summed E-state index contributed by atoms with van der Waals surface area (Å²) in [6, 6.07) is 8.12. The second kappa shape index (κ2) is 5.89. The van der Waals surface area contributed by atoms with Gasteiger partial charge in [0.25, 0.3) is 0 Å². The first-order chi connectivity index (χ1) is 11.2. The second-order valence-electron chi connectivity index (χ2n) is 6.18. The predicted octanol–water partition coefficient (Wildman–Crippen LogP) is 3.28. The Morgan fingerprint density at radius 2 is 2.09 bits per heavy atom. The van der Waals surface area contributed by atoms with E-state index in [1.54, 1.807) is 11.3 Å². The number of carbonyl (C=O) groups excluding carboxylic acids is 1. The number of carbonyl (C=O) groups is 1. The molecule has 2 aromatic rings. The molecule has 2 atom stereocenters. The van der Waals surface area contributed by atoms with Crippen LogP contribution in [0.3, 0.4) is 0 Å². The standard InChI is InChI=1S/C18H19NO3S/c1-19(10-12-4-7-23-11-12)18(20)15-9-14(15)13-2-3-16-17(8-13)22-6-5-21-16/h2-4,7-8,11,14-15H,5-6,9-10H2,1H3/t14-,15+/m1/s1. The molecule has 1 aromatic heterocycles. The number of fused-ring (bicyclic) bond motifs is 1. The van der Waals surface area contributed by atoms with Crippen LogP contribution in [0, 0.1) is 5.92 Å². The molecule has 5 heteroatoms. The first-order valence-electron chi connectivity index (χ1n) is 7.88. The third kappa shape index (κ3) is 2.93. The lowest BCUT2D eigenvalue weighted by atomic mass is 10.1. The molecule has 0 spiro atoms. The molecular formula is C18H19NO3S. The number of benzene rings is 1. The average Bonchev–Trinajstić information content (AvgIpc) is 3.22. The number of nitrogens with zero attached hydrogens (tertiary/aromatic N) is 1. The molecule has 0 radical (unpaired) electrons. The molecule has 1 fully saturated rings. The molecule has 2 aliphatic rings. The summed E-state index contributed by atoms with van der Waals surface area (Å²) in [6.07, 6.45) is 0.923. The Kier molecular flexibility index (Phi) is 3.73. The molecule has 1 aromatic carbocycles. The summed E-state index contributed by atoms with van der Waals surface area (Å²) in [5.74, 6) is 2.25. The van der Waals surface area contributed by atoms with E-state index in [4.69, 9.17) is 9.47 Å². The molecular weight excluding hydrogens is 310 g/mol. The highest BCUT2D eigenvalue weighted by Crippen LogP contribution is 2.50. The number of amides is 1. The Morgan fingerprint density at radius 3 is 2.87 bits per heavy atom. The van der Waals surface area contributed by atoms with Crippen LogP contribution < -0.4 is 9.47 Å². The molecule has 2 heterocycles. The maximum atomic E-state index is 12.6. The molecule has 0 unspecified atom stereocenters. The van der Waals surface area contributed by atoms with Crippen LogP contribution in [0.15, 0.2) is 35.0 Å². The quantitative estimate of drug-likeness (QED) is 0.864. The van der Waals surface area contributed by atoms with E-state index in [0.717, 1.165) is 17.9 Å². The highest BCUT2D eigenvalue weighted by atomic mass is 32.1. The minimum absolute atomic E-state index is 0.0983. The number of rotatable bonds is 4. The van der Waals surface area contributed by atoms with E-state index >= 15 is 0 Å². The van der Waals surface area contributed by atoms with Gasteiger partial charge < -0.3 is 14.4 Å². The zero-order chi connectivity index (χ0) is 15.8. The highest BCUT2D eigenvalue weighted by molar-refractivity contribution is 7.07. The monoisotopic (exact) mass is 329 g/mol. The third-order valence-corrected chi connectivity index (χ3v) is 5.21. The van der Waals surface area contributed by atoms with Crippen LogP contribution in [0.2, 0.25) is 0 Å². The smallest absolute Gasteiger partial charge is 0.226 e. The van der Waals surface area contributed by atoms with Crippen molar-refractivity contribution in [1.82, 2.24) is 4.90 Å². The van der Waals surface area contributed by atoms with Crippen molar-refractivity contribution in [3.63, 3.8) is 0 Å². The molecule has 1 amide bonds. The van der Waals surface area contributed by atoms with Crippen LogP contribution in [0.1, 0.15) is 23.5 Å². The predicted molar refractivity (Wildman–Crippen MR) is 89.1 cm³/mol. The summed E-state index contributed by atoms with van der Waals surface area (Å²) in [5.41, 5.74) is 2.37. The van der Waals surface area contributed by atoms with E-state index in [-0.39, 0.29) is 11.8 Å². The molecule has 1 aliphatic heterocycles. The SMILES string of the molecule is CN(Cc1ccsc1)C(=O)[C@H]1C[C@@H]1c1ccc2c(c1)OCCO2. The number of hydrogen-bond acceptors (Lipinski definition) is 4. The van der Waals surface area contributed by atoms with E-state index in [1.807, 2.05) is 29.5 Å². The summed E-state index contributed by atoms with van der Waals surface area (Å²) < 4.78 is 11.2. The van der Waals surface area contributed by atoms with Gasteiger partial charge >= 0.3 is 0 Å². The van der Waals surface area contributed by atoms with E-state index in [1.165, 1.54) is 11.1 Å². The van der Waals surface area contributed by atoms with E-state index in [9.17, 15) is 4.79 Å². The lowest BCUT2D eigenvalue weighted by Crippen LogP contribution is -2.27. The zero-order valence-electron chi connectivity index (χ0n) is 13.0. The van der Waals surface area contributed by atoms with Crippen molar-refractivity contribution in [3.8, 4) is 11.5 Å². The molecule has 23 heavy (non-hydrogen) atoms. The fourth-order valence-electron chi connectivity index (χ4n) is 3.14. The van der Waals surface area contributed by atoms with Crippen molar-refractivity contribution in [2.45, 2.75) is 18.9 Å². The third-order valence-electron chi connectivity index (χ3n) is 4.48. The van der Waals surface area contributed by atoms with Crippen molar-refractivity contribution in [3.05, 3.63) is 46.2 Å². The van der Waals surface area contributed by atoms with Crippen molar-refractivity contribution < 1.29 is 14.3 Å². The zero-order valence-corrected chi connectivity index (χ0v) is 13.8. The first-order valence-corrected chi connectivity index (χ1v) is 8.82. The van der Waals surface area contributed by atoms with Gasteiger partial charge in [0.1, 0.15) is 13.2 Å². The Hall–Kier alpha value is -2.01. The van der Waals surface area contributed by atoms with Gasteiger partial charge in [-0.25, -0.2) is 0 Å². The van der Waals surface area contributed by atoms with Crippen molar-refractivity contribution >= 4 is 17.2 Å². The molecule has 4 rings (SSSR count). The van der Waals surface area contributed by atoms with Crippen LogP contribution in [0.5, 0.6) is 11.5 Å². The van der Waals surface area contributed by atoms with Crippen molar-refractivity contribution in [2.75, 3.05) is 20.3 Å². The van der Waals surface area contributed by atoms with Gasteiger partial charge in [-0.3, -0.25) is 4.79 Å².